The van der Waals surface area contributed by atoms with Crippen LogP contribution in [0.15, 0.2) is 0 Å². The van der Waals surface area contributed by atoms with Crippen LogP contribution < -0.4 is 0 Å². The third-order valence-electron chi connectivity index (χ3n) is 14.6. The van der Waals surface area contributed by atoms with Crippen LogP contribution >= 0.6 is 0 Å². The predicted molar refractivity (Wildman–Crippen MR) is 318 cm³/mol. The molecule has 5 fully saturated rings. The first kappa shape index (κ1) is 93.8. The Bertz CT molecular complexity index is 3980. The molecule has 0 aromatic heterocycles. The normalized spacial score (nSPS) is 35.0. The van der Waals surface area contributed by atoms with Gasteiger partial charge in [0.05, 0.1) is 19.8 Å². The van der Waals surface area contributed by atoms with E-state index in [4.69, 9.17) is 79.4 Å². The van der Waals surface area contributed by atoms with Crippen LogP contribution in [0.2, 0.25) is 0 Å². The maximum absolute atomic E-state index is 13.5. The molecule has 0 aromatic carbocycles. The van der Waals surface area contributed by atoms with Crippen LogP contribution in [0.4, 0.5) is 0 Å². The van der Waals surface area contributed by atoms with Crippen molar-refractivity contribution >= 4 is 106 Å². The highest BCUT2D eigenvalue weighted by Gasteiger charge is 2.63. The lowest BCUT2D eigenvalue weighted by molar-refractivity contribution is -0.386. The van der Waals surface area contributed by atoms with Crippen LogP contribution in [-0.2, 0) is 212 Å². The quantitative estimate of drug-likeness (QED) is 0.0200. The van der Waals surface area contributed by atoms with Gasteiger partial charge in [-0.15, -0.1) is 0 Å². The minimum absolute atomic E-state index is 0.175. The summed E-state index contributed by atoms with van der Waals surface area (Å²) in [6.45, 7) is -2.14. The fraction of sp³-hybridized carbons (Fsp3) is 0.952. The third kappa shape index (κ3) is 29.0. The molecule has 25 atom stereocenters. The van der Waals surface area contributed by atoms with Crippen molar-refractivity contribution in [2.45, 2.75) is 193 Å². The summed E-state index contributed by atoms with van der Waals surface area (Å²) in [5.74, 6) is -4.74. The molecule has 106 heavy (non-hydrogen) atoms. The smallest absolute Gasteiger partial charge is 0.397 e. The standard InChI is InChI=1S/C42H72O55S9/c1-7-9-11-78-19-16(13-80-98(47,48)49)84-40(33(95-104(65,66)67)24(19)79-12-10-8-2)88-25-22(74-3)31(76-5)39(90-29(25)36(43)44)86-21-18(15-82-100(53,54)55)85-41(35(97-106(71,72)73)28(21)93-102(59,60)61)89-26-23(75-4)32(94-103(62,63)64)42(91-30(26)37(45)46)87-20-17(14-81-99(50,51)52)83-38(77-6)34(96-105(68,69)70)27(20)92-101(56,57)58/h16-35,38-42H,7-15H2,1-6H3,(H,43,44)(H,45,46)(H,47,48,49)(H,50,51,52)(H,53,54,55)(H,56,57,58)(H,59,60,61)(H,62,63,64)(H,65,66,67)(H,68,69,70)(H,71,72,73)/t16-,17-,18-,19-,20-,21-,22+,23+,24+,25+,26+,27+,28+,29+,30-,31-,32-,33-,34-,35-,38+,39-,40+,41+,42-/m1/s1. The molecule has 11 N–H and O–H groups in total. The summed E-state index contributed by atoms with van der Waals surface area (Å²) >= 11 is 0. The Hall–Kier alpha value is -2.83. The Kier molecular flexibility index (Phi) is 33.9. The number of hydrogen-bond donors (Lipinski definition) is 11. The van der Waals surface area contributed by atoms with Gasteiger partial charge in [-0.2, -0.15) is 75.8 Å². The molecule has 0 aliphatic carbocycles. The van der Waals surface area contributed by atoms with Gasteiger partial charge in [0.15, 0.2) is 68.1 Å². The lowest BCUT2D eigenvalue weighted by Crippen LogP contribution is -2.70. The maximum atomic E-state index is 13.5. The van der Waals surface area contributed by atoms with E-state index in [-0.39, 0.29) is 26.1 Å². The van der Waals surface area contributed by atoms with Gasteiger partial charge in [-0.1, -0.05) is 26.7 Å². The third-order valence-corrected chi connectivity index (χ3v) is 18.7. The zero-order valence-electron chi connectivity index (χ0n) is 54.4. The fourth-order valence-electron chi connectivity index (χ4n) is 10.8. The number of carbonyl (C=O) groups is 2. The molecule has 624 valence electrons. The van der Waals surface area contributed by atoms with Gasteiger partial charge in [0.2, 0.25) is 0 Å². The average Bonchev–Trinajstić information content (AvgIpc) is 0.754. The van der Waals surface area contributed by atoms with E-state index in [9.17, 15) is 137 Å². The molecule has 0 spiro atoms. The second-order valence-corrected chi connectivity index (χ2v) is 31.4. The summed E-state index contributed by atoms with van der Waals surface area (Å²) in [6, 6.07) is 0. The molecule has 5 aliphatic rings. The Morgan fingerprint density at radius 2 is 0.547 bits per heavy atom. The van der Waals surface area contributed by atoms with Crippen LogP contribution in [0, 0.1) is 0 Å². The molecule has 0 saturated carbocycles. The summed E-state index contributed by atoms with van der Waals surface area (Å²) in [6.07, 6.45) is -67.3. The minimum Gasteiger partial charge on any atom is -0.479 e. The minimum atomic E-state index is -6.39. The van der Waals surface area contributed by atoms with Crippen LogP contribution in [0.5, 0.6) is 0 Å². The molecule has 5 aliphatic heterocycles. The van der Waals surface area contributed by atoms with Crippen LogP contribution in [0.25, 0.3) is 0 Å². The number of hydrogen-bond acceptors (Lipinski definition) is 44. The number of aliphatic carboxylic acids is 2. The Labute approximate surface area is 602 Å². The van der Waals surface area contributed by atoms with E-state index < -0.39 is 279 Å². The van der Waals surface area contributed by atoms with Gasteiger partial charge < -0.3 is 81.3 Å². The number of carboxylic acid groups (broad SMARTS) is 2. The van der Waals surface area contributed by atoms with Gasteiger partial charge >= 0.3 is 106 Å². The molecule has 0 aromatic rings. The van der Waals surface area contributed by atoms with E-state index in [0.29, 0.717) is 34.2 Å². The van der Waals surface area contributed by atoms with Gasteiger partial charge in [0.25, 0.3) is 0 Å². The molecular formula is C42H72O55S9. The number of methoxy groups -OCH3 is 4. The maximum Gasteiger partial charge on any atom is 0.397 e. The molecule has 0 unspecified atom stereocenters. The van der Waals surface area contributed by atoms with E-state index >= 15 is 0 Å². The number of carboxylic acids is 2. The van der Waals surface area contributed by atoms with Crippen molar-refractivity contribution in [1.82, 2.24) is 0 Å². The second-order valence-electron chi connectivity index (χ2n) is 21.8. The van der Waals surface area contributed by atoms with Crippen molar-refractivity contribution < 1.29 is 245 Å². The highest BCUT2D eigenvalue weighted by molar-refractivity contribution is 7.82. The highest BCUT2D eigenvalue weighted by Crippen LogP contribution is 2.42. The molecule has 5 heterocycles. The lowest BCUT2D eigenvalue weighted by atomic mass is 9.95. The first-order chi connectivity index (χ1) is 48.5. The summed E-state index contributed by atoms with van der Waals surface area (Å²) < 4.78 is 437. The van der Waals surface area contributed by atoms with E-state index in [2.05, 4.69) is 29.3 Å². The van der Waals surface area contributed by atoms with Crippen LogP contribution in [-0.4, -0.2) is 354 Å². The van der Waals surface area contributed by atoms with Crippen molar-refractivity contribution in [1.29, 1.82) is 0 Å². The Balaban J connectivity index is 1.70. The van der Waals surface area contributed by atoms with Crippen molar-refractivity contribution in [3.8, 4) is 0 Å². The Morgan fingerprint density at radius 3 is 0.849 bits per heavy atom. The fourth-order valence-corrected chi connectivity index (χ4v) is 14.6. The van der Waals surface area contributed by atoms with Gasteiger partial charge in [-0.3, -0.25) is 41.0 Å². The van der Waals surface area contributed by atoms with E-state index in [1.807, 2.05) is 0 Å². The Morgan fingerprint density at radius 1 is 0.292 bits per heavy atom. The van der Waals surface area contributed by atoms with Gasteiger partial charge in [-0.05, 0) is 12.8 Å². The molecule has 5 rings (SSSR count). The van der Waals surface area contributed by atoms with Crippen LogP contribution in [0.3, 0.4) is 0 Å². The van der Waals surface area contributed by atoms with Gasteiger partial charge in [-0.25, -0.2) is 47.2 Å². The summed E-state index contributed by atoms with van der Waals surface area (Å²) in [7, 11) is -51.4. The molecule has 55 nitrogen and oxygen atoms in total. The molecule has 0 radical (unpaired) electrons. The first-order valence-electron chi connectivity index (χ1n) is 29.0. The van der Waals surface area contributed by atoms with Crippen LogP contribution in [0.1, 0.15) is 39.5 Å². The summed E-state index contributed by atoms with van der Waals surface area (Å²) in [4.78, 5) is 26.9. The zero-order chi connectivity index (χ0) is 80.4. The van der Waals surface area contributed by atoms with Crippen molar-refractivity contribution in [3.63, 3.8) is 0 Å². The number of ether oxygens (including phenoxy) is 15. The monoisotopic (exact) mass is 1740 g/mol. The summed E-state index contributed by atoms with van der Waals surface area (Å²) in [5.41, 5.74) is 0. The number of rotatable bonds is 43. The molecule has 0 amide bonds. The molecule has 5 saturated heterocycles. The SMILES string of the molecule is CCCCO[C@@H]1[C@@H](OS(=O)(=O)O)[C@H](O[C@H]2[C@H](OC)[C@@H](OC)[C@H](O[C@H]3[C@H](OS(=O)(=O)O)[C@@H](OS(=O)(=O)O)[C@H](O[C@H]4[C@H](OC)[C@@H](OS(=O)(=O)O)[C@H](O[C@H]5[C@H](OS(=O)(=O)O)[C@@H](OS(=O)(=O)O)[C@@H](OC)O[C@@H]5COS(=O)(=O)O)O[C@H]4C(=O)O)O[C@@H]3COS(=O)(=O)O)O[C@@H]2C(=O)O)O[C@H](COS(=O)(=O)O)[C@H]1OCCCC. The second kappa shape index (κ2) is 38.3. The van der Waals surface area contributed by atoms with Crippen molar-refractivity contribution in [2.24, 2.45) is 0 Å². The zero-order valence-corrected chi connectivity index (χ0v) is 61.7. The number of unbranched alkanes of at least 4 members (excludes halogenated alkanes) is 2. The van der Waals surface area contributed by atoms with Gasteiger partial charge in [0.1, 0.15) is 85.5 Å². The first-order valence-corrected chi connectivity index (χ1v) is 41.3. The van der Waals surface area contributed by atoms with Gasteiger partial charge in [0, 0.05) is 41.7 Å². The van der Waals surface area contributed by atoms with Crippen molar-refractivity contribution in [3.05, 3.63) is 0 Å². The van der Waals surface area contributed by atoms with E-state index in [0.717, 1.165) is 7.11 Å². The molecule has 64 heteroatoms. The van der Waals surface area contributed by atoms with Crippen molar-refractivity contribution in [2.75, 3.05) is 61.5 Å². The topological polar surface area (TPSA) is 785 Å². The summed E-state index contributed by atoms with van der Waals surface area (Å²) in [5, 5.41) is 21.6. The largest absolute Gasteiger partial charge is 0.479 e. The lowest BCUT2D eigenvalue weighted by Gasteiger charge is -2.51. The van der Waals surface area contributed by atoms with E-state index in [1.165, 1.54) is 0 Å². The predicted octanol–water partition coefficient (Wildman–Crippen LogP) is -7.03. The molecule has 0 bridgehead atoms. The average molecular weight is 1750 g/mol. The van der Waals surface area contributed by atoms with E-state index in [1.54, 1.807) is 13.8 Å². The highest BCUT2D eigenvalue weighted by atomic mass is 32.3. The molecular weight excluding hydrogens is 1670 g/mol.